The highest BCUT2D eigenvalue weighted by molar-refractivity contribution is 7.90. The highest BCUT2D eigenvalue weighted by Crippen LogP contribution is 2.23. The van der Waals surface area contributed by atoms with E-state index in [1.54, 1.807) is 37.4 Å². The Morgan fingerprint density at radius 3 is 2.48 bits per heavy atom. The monoisotopic (exact) mass is 387 g/mol. The molecule has 0 amide bonds. The first-order valence-corrected chi connectivity index (χ1v) is 9.84. The number of carbonyl (C=O) groups is 1. The second-order valence-electron chi connectivity index (χ2n) is 5.75. The van der Waals surface area contributed by atoms with Crippen molar-refractivity contribution in [1.82, 2.24) is 5.16 Å². The van der Waals surface area contributed by atoms with Crippen LogP contribution in [-0.2, 0) is 21.2 Å². The molecule has 0 aliphatic rings. The molecule has 0 radical (unpaired) electrons. The molecule has 7 nitrogen and oxygen atoms in total. The van der Waals surface area contributed by atoms with Gasteiger partial charge >= 0.3 is 5.97 Å². The van der Waals surface area contributed by atoms with Gasteiger partial charge in [0.25, 0.3) is 0 Å². The summed E-state index contributed by atoms with van der Waals surface area (Å²) in [7, 11) is -1.96. The molecule has 1 aromatic heterocycles. The summed E-state index contributed by atoms with van der Waals surface area (Å²) in [5.74, 6) is 0.311. The molecule has 140 valence electrons. The highest BCUT2D eigenvalue weighted by atomic mass is 32.2. The molecule has 2 aromatic carbocycles. The molecule has 0 bridgehead atoms. The molecular formula is C19H17NO6S. The average molecular weight is 387 g/mol. The third kappa shape index (κ3) is 4.35. The number of nitrogens with zero attached hydrogens (tertiary/aromatic N) is 1. The third-order valence-corrected chi connectivity index (χ3v) is 4.95. The van der Waals surface area contributed by atoms with E-state index >= 15 is 0 Å². The quantitative estimate of drug-likeness (QED) is 0.600. The summed E-state index contributed by atoms with van der Waals surface area (Å²) in [6.07, 6.45) is 1.04. The van der Waals surface area contributed by atoms with Crippen molar-refractivity contribution in [3.63, 3.8) is 0 Å². The van der Waals surface area contributed by atoms with Crippen LogP contribution in [0.15, 0.2) is 64.0 Å². The van der Waals surface area contributed by atoms with Crippen LogP contribution in [-0.4, -0.2) is 32.9 Å². The van der Waals surface area contributed by atoms with Crippen molar-refractivity contribution in [3.8, 4) is 17.0 Å². The number of rotatable bonds is 6. The molecule has 1 heterocycles. The number of benzene rings is 2. The van der Waals surface area contributed by atoms with Crippen molar-refractivity contribution in [3.05, 3.63) is 65.9 Å². The number of esters is 1. The van der Waals surface area contributed by atoms with E-state index in [-0.39, 0.29) is 17.1 Å². The SMILES string of the molecule is COc1ccc(-c2cc(COC(=O)c3ccccc3S(C)(=O)=O)on2)cc1. The van der Waals surface area contributed by atoms with Gasteiger partial charge in [0.15, 0.2) is 22.2 Å². The van der Waals surface area contributed by atoms with Gasteiger partial charge in [-0.3, -0.25) is 0 Å². The van der Waals surface area contributed by atoms with Crippen LogP contribution in [0.3, 0.4) is 0 Å². The Balaban J connectivity index is 1.71. The van der Waals surface area contributed by atoms with Crippen molar-refractivity contribution in [1.29, 1.82) is 0 Å². The molecule has 0 fully saturated rings. The molecule has 0 aliphatic heterocycles. The van der Waals surface area contributed by atoms with Crippen LogP contribution in [0, 0.1) is 0 Å². The lowest BCUT2D eigenvalue weighted by Gasteiger charge is -2.07. The van der Waals surface area contributed by atoms with Gasteiger partial charge in [-0.05, 0) is 36.4 Å². The lowest BCUT2D eigenvalue weighted by atomic mass is 10.1. The van der Waals surface area contributed by atoms with Gasteiger partial charge in [-0.2, -0.15) is 0 Å². The van der Waals surface area contributed by atoms with Crippen LogP contribution in [0.1, 0.15) is 16.1 Å². The van der Waals surface area contributed by atoms with Gasteiger partial charge in [-0.15, -0.1) is 0 Å². The van der Waals surface area contributed by atoms with Crippen LogP contribution >= 0.6 is 0 Å². The van der Waals surface area contributed by atoms with Crippen LogP contribution in [0.2, 0.25) is 0 Å². The van der Waals surface area contributed by atoms with Gasteiger partial charge in [0, 0.05) is 17.9 Å². The Morgan fingerprint density at radius 2 is 1.81 bits per heavy atom. The van der Waals surface area contributed by atoms with E-state index in [0.29, 0.717) is 11.5 Å². The molecule has 0 saturated heterocycles. The van der Waals surface area contributed by atoms with E-state index in [1.165, 1.54) is 12.1 Å². The van der Waals surface area contributed by atoms with E-state index < -0.39 is 15.8 Å². The van der Waals surface area contributed by atoms with E-state index in [9.17, 15) is 13.2 Å². The van der Waals surface area contributed by atoms with E-state index in [2.05, 4.69) is 5.16 Å². The molecule has 0 unspecified atom stereocenters. The largest absolute Gasteiger partial charge is 0.497 e. The summed E-state index contributed by atoms with van der Waals surface area (Å²) in [6, 6.07) is 14.8. The topological polar surface area (TPSA) is 95.7 Å². The summed E-state index contributed by atoms with van der Waals surface area (Å²) < 4.78 is 39.1. The zero-order chi connectivity index (χ0) is 19.4. The molecule has 0 spiro atoms. The third-order valence-electron chi connectivity index (χ3n) is 3.80. The number of hydrogen-bond donors (Lipinski definition) is 0. The smallest absolute Gasteiger partial charge is 0.339 e. The predicted molar refractivity (Wildman–Crippen MR) is 97.2 cm³/mol. The number of carbonyl (C=O) groups excluding carboxylic acids is 1. The Labute approximate surface area is 156 Å². The maximum absolute atomic E-state index is 12.3. The second-order valence-corrected chi connectivity index (χ2v) is 7.74. The normalized spacial score (nSPS) is 11.2. The Morgan fingerprint density at radius 1 is 1.11 bits per heavy atom. The fourth-order valence-electron chi connectivity index (χ4n) is 2.45. The fraction of sp³-hybridized carbons (Fsp3) is 0.158. The number of hydrogen-bond acceptors (Lipinski definition) is 7. The van der Waals surface area contributed by atoms with Crippen LogP contribution in [0.25, 0.3) is 11.3 Å². The minimum atomic E-state index is -3.55. The summed E-state index contributed by atoms with van der Waals surface area (Å²) in [6.45, 7) is -0.167. The maximum Gasteiger partial charge on any atom is 0.339 e. The molecule has 0 N–H and O–H groups in total. The van der Waals surface area contributed by atoms with Crippen molar-refractivity contribution < 1.29 is 27.2 Å². The molecule has 3 aromatic rings. The molecular weight excluding hydrogens is 370 g/mol. The van der Waals surface area contributed by atoms with Crippen molar-refractivity contribution in [2.45, 2.75) is 11.5 Å². The Hall–Kier alpha value is -3.13. The first-order valence-electron chi connectivity index (χ1n) is 7.94. The van der Waals surface area contributed by atoms with Crippen LogP contribution < -0.4 is 4.74 Å². The first kappa shape index (κ1) is 18.7. The van der Waals surface area contributed by atoms with Crippen LogP contribution in [0.5, 0.6) is 5.75 Å². The van der Waals surface area contributed by atoms with Gasteiger partial charge in [-0.25, -0.2) is 13.2 Å². The zero-order valence-corrected chi connectivity index (χ0v) is 15.5. The van der Waals surface area contributed by atoms with Gasteiger partial charge < -0.3 is 14.0 Å². The maximum atomic E-state index is 12.3. The minimum Gasteiger partial charge on any atom is -0.497 e. The molecule has 3 rings (SSSR count). The van der Waals surface area contributed by atoms with E-state index in [0.717, 1.165) is 17.6 Å². The van der Waals surface area contributed by atoms with Gasteiger partial charge in [0.05, 0.1) is 17.6 Å². The number of ether oxygens (including phenoxy) is 2. The van der Waals surface area contributed by atoms with E-state index in [1.807, 2.05) is 12.1 Å². The lowest BCUT2D eigenvalue weighted by molar-refractivity contribution is 0.0433. The fourth-order valence-corrected chi connectivity index (χ4v) is 3.33. The van der Waals surface area contributed by atoms with Gasteiger partial charge in [-0.1, -0.05) is 17.3 Å². The molecule has 0 aliphatic carbocycles. The number of aromatic nitrogens is 1. The van der Waals surface area contributed by atoms with Crippen LogP contribution in [0.4, 0.5) is 0 Å². The zero-order valence-electron chi connectivity index (χ0n) is 14.7. The van der Waals surface area contributed by atoms with Gasteiger partial charge in [0.1, 0.15) is 11.4 Å². The predicted octanol–water partition coefficient (Wildman–Crippen LogP) is 3.11. The average Bonchev–Trinajstić information content (AvgIpc) is 3.14. The van der Waals surface area contributed by atoms with Crippen molar-refractivity contribution in [2.24, 2.45) is 0 Å². The molecule has 0 atom stereocenters. The van der Waals surface area contributed by atoms with Crippen molar-refractivity contribution >= 4 is 15.8 Å². The second kappa shape index (κ2) is 7.63. The summed E-state index contributed by atoms with van der Waals surface area (Å²) in [5, 5.41) is 3.95. The standard InChI is InChI=1S/C19H17NO6S/c1-24-14-9-7-13(8-10-14)17-11-15(26-20-17)12-25-19(21)16-5-3-4-6-18(16)27(2,22)23/h3-11H,12H2,1-2H3. The Kier molecular flexibility index (Phi) is 5.27. The highest BCUT2D eigenvalue weighted by Gasteiger charge is 2.20. The minimum absolute atomic E-state index is 0.0186. The van der Waals surface area contributed by atoms with E-state index in [4.69, 9.17) is 14.0 Å². The summed E-state index contributed by atoms with van der Waals surface area (Å²) in [4.78, 5) is 12.2. The lowest BCUT2D eigenvalue weighted by Crippen LogP contribution is -2.11. The molecule has 8 heteroatoms. The number of methoxy groups -OCH3 is 1. The molecule has 27 heavy (non-hydrogen) atoms. The van der Waals surface area contributed by atoms with Crippen molar-refractivity contribution in [2.75, 3.05) is 13.4 Å². The Bertz CT molecular complexity index is 1050. The first-order chi connectivity index (χ1) is 12.9. The number of sulfone groups is 1. The van der Waals surface area contributed by atoms with Gasteiger partial charge in [0.2, 0.25) is 0 Å². The summed E-state index contributed by atoms with van der Waals surface area (Å²) in [5.41, 5.74) is 1.38. The summed E-state index contributed by atoms with van der Waals surface area (Å²) >= 11 is 0. The molecule has 0 saturated carbocycles.